The van der Waals surface area contributed by atoms with Crippen molar-refractivity contribution in [1.82, 2.24) is 9.80 Å². The Labute approximate surface area is 120 Å². The molecule has 0 N–H and O–H groups in total. The maximum absolute atomic E-state index is 12.3. The smallest absolute Gasteiger partial charge is 0.227 e. The molecule has 1 aromatic carbocycles. The number of nitrogens with zero attached hydrogens (tertiary/aromatic N) is 3. The lowest BCUT2D eigenvalue weighted by Gasteiger charge is -2.36. The average molecular weight is 271 g/mol. The number of piperidine rings is 1. The van der Waals surface area contributed by atoms with Crippen molar-refractivity contribution in [1.29, 1.82) is 5.26 Å². The number of likely N-dealkylation sites (tertiary alicyclic amines) is 1. The molecule has 1 unspecified atom stereocenters. The number of hydrogen-bond donors (Lipinski definition) is 0. The topological polar surface area (TPSA) is 47.3 Å². The lowest BCUT2D eigenvalue weighted by molar-refractivity contribution is -0.132. The van der Waals surface area contributed by atoms with Gasteiger partial charge >= 0.3 is 0 Å². The summed E-state index contributed by atoms with van der Waals surface area (Å²) in [5.74, 6) is 0.148. The quantitative estimate of drug-likeness (QED) is 0.840. The van der Waals surface area contributed by atoms with E-state index in [0.717, 1.165) is 31.5 Å². The molecule has 106 valence electrons. The van der Waals surface area contributed by atoms with Gasteiger partial charge in [0.25, 0.3) is 0 Å². The Morgan fingerprint density at radius 1 is 1.45 bits per heavy atom. The molecule has 0 saturated carbocycles. The third-order valence-electron chi connectivity index (χ3n) is 3.98. The SMILES string of the molecule is CN1CCCC(N(C)C(=O)Cc2ccc(C#N)cc2)C1. The number of carbonyl (C=O) groups is 1. The minimum absolute atomic E-state index is 0.148. The van der Waals surface area contributed by atoms with Crippen LogP contribution in [0.15, 0.2) is 24.3 Å². The summed E-state index contributed by atoms with van der Waals surface area (Å²) < 4.78 is 0. The van der Waals surface area contributed by atoms with E-state index in [-0.39, 0.29) is 5.91 Å². The average Bonchev–Trinajstić information content (AvgIpc) is 2.47. The van der Waals surface area contributed by atoms with Crippen LogP contribution in [0.4, 0.5) is 0 Å². The van der Waals surface area contributed by atoms with Crippen molar-refractivity contribution in [2.75, 3.05) is 27.2 Å². The first kappa shape index (κ1) is 14.5. The number of benzene rings is 1. The maximum atomic E-state index is 12.3. The molecule has 0 radical (unpaired) electrons. The van der Waals surface area contributed by atoms with Crippen LogP contribution in [0.25, 0.3) is 0 Å². The van der Waals surface area contributed by atoms with Crippen molar-refractivity contribution in [3.8, 4) is 6.07 Å². The maximum Gasteiger partial charge on any atom is 0.227 e. The van der Waals surface area contributed by atoms with E-state index in [2.05, 4.69) is 18.0 Å². The second-order valence-corrected chi connectivity index (χ2v) is 5.55. The number of amides is 1. The van der Waals surface area contributed by atoms with Crippen LogP contribution >= 0.6 is 0 Å². The normalized spacial score (nSPS) is 19.4. The van der Waals surface area contributed by atoms with Crippen LogP contribution in [0.1, 0.15) is 24.0 Å². The van der Waals surface area contributed by atoms with Crippen LogP contribution in [-0.2, 0) is 11.2 Å². The molecule has 4 heteroatoms. The summed E-state index contributed by atoms with van der Waals surface area (Å²) in [5.41, 5.74) is 1.59. The lowest BCUT2D eigenvalue weighted by Crippen LogP contribution is -2.47. The fraction of sp³-hybridized carbons (Fsp3) is 0.500. The summed E-state index contributed by atoms with van der Waals surface area (Å²) in [5, 5.41) is 8.76. The summed E-state index contributed by atoms with van der Waals surface area (Å²) in [6, 6.07) is 9.64. The highest BCUT2D eigenvalue weighted by Crippen LogP contribution is 2.15. The number of carbonyl (C=O) groups excluding carboxylic acids is 1. The molecular formula is C16H21N3O. The van der Waals surface area contributed by atoms with Crippen LogP contribution in [0.2, 0.25) is 0 Å². The zero-order valence-electron chi connectivity index (χ0n) is 12.2. The minimum Gasteiger partial charge on any atom is -0.341 e. The first-order chi connectivity index (χ1) is 9.60. The first-order valence-electron chi connectivity index (χ1n) is 7.03. The Morgan fingerprint density at radius 2 is 2.15 bits per heavy atom. The minimum atomic E-state index is 0.148. The third-order valence-corrected chi connectivity index (χ3v) is 3.98. The fourth-order valence-electron chi connectivity index (χ4n) is 2.66. The molecule has 1 aliphatic rings. The zero-order valence-corrected chi connectivity index (χ0v) is 12.2. The summed E-state index contributed by atoms with van der Waals surface area (Å²) in [6.45, 7) is 2.07. The van der Waals surface area contributed by atoms with Crippen molar-refractivity contribution in [2.45, 2.75) is 25.3 Å². The first-order valence-corrected chi connectivity index (χ1v) is 7.03. The van der Waals surface area contributed by atoms with Crippen LogP contribution in [-0.4, -0.2) is 48.9 Å². The van der Waals surface area contributed by atoms with Gasteiger partial charge in [-0.15, -0.1) is 0 Å². The monoisotopic (exact) mass is 271 g/mol. The lowest BCUT2D eigenvalue weighted by atomic mass is 10.0. The van der Waals surface area contributed by atoms with E-state index in [1.165, 1.54) is 0 Å². The van der Waals surface area contributed by atoms with E-state index in [1.807, 2.05) is 24.1 Å². The predicted molar refractivity (Wildman–Crippen MR) is 78.2 cm³/mol. The van der Waals surface area contributed by atoms with Gasteiger partial charge in [-0.25, -0.2) is 0 Å². The van der Waals surface area contributed by atoms with E-state index < -0.39 is 0 Å². The van der Waals surface area contributed by atoms with Gasteiger partial charge < -0.3 is 9.80 Å². The molecule has 0 spiro atoms. The highest BCUT2D eigenvalue weighted by molar-refractivity contribution is 5.78. The number of rotatable bonds is 3. The Bertz CT molecular complexity index is 503. The number of nitriles is 1. The molecule has 1 atom stereocenters. The molecule has 0 bridgehead atoms. The summed E-state index contributed by atoms with van der Waals surface area (Å²) in [7, 11) is 4.00. The number of likely N-dealkylation sites (N-methyl/N-ethyl adjacent to an activating group) is 2. The van der Waals surface area contributed by atoms with Gasteiger partial charge in [0.2, 0.25) is 5.91 Å². The molecule has 2 rings (SSSR count). The largest absolute Gasteiger partial charge is 0.341 e. The van der Waals surface area contributed by atoms with E-state index in [1.54, 1.807) is 12.1 Å². The van der Waals surface area contributed by atoms with Gasteiger partial charge in [-0.1, -0.05) is 12.1 Å². The molecule has 1 fully saturated rings. The zero-order chi connectivity index (χ0) is 14.5. The van der Waals surface area contributed by atoms with Crippen molar-refractivity contribution in [3.63, 3.8) is 0 Å². The van der Waals surface area contributed by atoms with Crippen LogP contribution in [0.3, 0.4) is 0 Å². The van der Waals surface area contributed by atoms with Crippen molar-refractivity contribution in [3.05, 3.63) is 35.4 Å². The Kier molecular flexibility index (Phi) is 4.75. The van der Waals surface area contributed by atoms with E-state index in [0.29, 0.717) is 18.0 Å². The molecule has 1 saturated heterocycles. The Balaban J connectivity index is 1.94. The molecule has 1 aliphatic heterocycles. The highest BCUT2D eigenvalue weighted by Gasteiger charge is 2.24. The molecule has 1 heterocycles. The van der Waals surface area contributed by atoms with Crippen LogP contribution in [0.5, 0.6) is 0 Å². The van der Waals surface area contributed by atoms with Gasteiger partial charge in [-0.2, -0.15) is 5.26 Å². The standard InChI is InChI=1S/C16H21N3O/c1-18-9-3-4-15(12-18)19(2)16(20)10-13-5-7-14(11-17)8-6-13/h5-8,15H,3-4,9-10,12H2,1-2H3. The van der Waals surface area contributed by atoms with E-state index in [9.17, 15) is 4.79 Å². The second-order valence-electron chi connectivity index (χ2n) is 5.55. The Hall–Kier alpha value is -1.86. The van der Waals surface area contributed by atoms with Crippen molar-refractivity contribution < 1.29 is 4.79 Å². The van der Waals surface area contributed by atoms with E-state index >= 15 is 0 Å². The summed E-state index contributed by atoms with van der Waals surface area (Å²) in [4.78, 5) is 16.5. The molecular weight excluding hydrogens is 250 g/mol. The second kappa shape index (κ2) is 6.53. The van der Waals surface area contributed by atoms with Crippen molar-refractivity contribution >= 4 is 5.91 Å². The summed E-state index contributed by atoms with van der Waals surface area (Å²) >= 11 is 0. The van der Waals surface area contributed by atoms with Gasteiger partial charge in [0.1, 0.15) is 0 Å². The molecule has 1 aromatic rings. The Morgan fingerprint density at radius 3 is 2.75 bits per heavy atom. The van der Waals surface area contributed by atoms with Crippen molar-refractivity contribution in [2.24, 2.45) is 0 Å². The van der Waals surface area contributed by atoms with Gasteiger partial charge in [-0.3, -0.25) is 4.79 Å². The number of hydrogen-bond acceptors (Lipinski definition) is 3. The van der Waals surface area contributed by atoms with E-state index in [4.69, 9.17) is 5.26 Å². The molecule has 0 aromatic heterocycles. The summed E-state index contributed by atoms with van der Waals surface area (Å²) in [6.07, 6.45) is 2.64. The predicted octanol–water partition coefficient (Wildman–Crippen LogP) is 1.65. The van der Waals surface area contributed by atoms with Gasteiger partial charge in [-0.05, 0) is 44.1 Å². The molecule has 1 amide bonds. The molecule has 4 nitrogen and oxygen atoms in total. The van der Waals surface area contributed by atoms with Crippen LogP contribution in [0, 0.1) is 11.3 Å². The highest BCUT2D eigenvalue weighted by atomic mass is 16.2. The van der Waals surface area contributed by atoms with Gasteiger partial charge in [0.15, 0.2) is 0 Å². The fourth-order valence-corrected chi connectivity index (χ4v) is 2.66. The van der Waals surface area contributed by atoms with Crippen LogP contribution < -0.4 is 0 Å². The van der Waals surface area contributed by atoms with Gasteiger partial charge in [0.05, 0.1) is 18.1 Å². The molecule has 20 heavy (non-hydrogen) atoms. The molecule has 0 aliphatic carbocycles. The third kappa shape index (κ3) is 3.58. The van der Waals surface area contributed by atoms with Gasteiger partial charge in [0, 0.05) is 19.6 Å².